The largest absolute Gasteiger partial charge is 0.452 e. The van der Waals surface area contributed by atoms with Crippen LogP contribution in [-0.4, -0.2) is 42.5 Å². The lowest BCUT2D eigenvalue weighted by Crippen LogP contribution is -2.34. The number of nitrogens with zero attached hydrogens (tertiary/aromatic N) is 2. The zero-order valence-corrected chi connectivity index (χ0v) is 16.3. The second-order valence-electron chi connectivity index (χ2n) is 7.07. The van der Waals surface area contributed by atoms with Crippen molar-refractivity contribution in [3.05, 3.63) is 71.8 Å². The van der Waals surface area contributed by atoms with Crippen molar-refractivity contribution in [2.24, 2.45) is 0 Å². The van der Waals surface area contributed by atoms with Gasteiger partial charge in [-0.2, -0.15) is 0 Å². The summed E-state index contributed by atoms with van der Waals surface area (Å²) in [5.74, 6) is -1.30. The van der Waals surface area contributed by atoms with E-state index in [1.807, 2.05) is 24.3 Å². The Bertz CT molecular complexity index is 1090. The lowest BCUT2D eigenvalue weighted by atomic mass is 10.1. The van der Waals surface area contributed by atoms with Gasteiger partial charge in [0.25, 0.3) is 11.8 Å². The number of ether oxygens (including phenoxy) is 1. The molecule has 7 nitrogen and oxygen atoms in total. The summed E-state index contributed by atoms with van der Waals surface area (Å²) in [5.41, 5.74) is 1.46. The number of pyridine rings is 1. The molecule has 2 heterocycles. The van der Waals surface area contributed by atoms with E-state index in [2.05, 4.69) is 15.2 Å². The van der Waals surface area contributed by atoms with Crippen molar-refractivity contribution in [2.75, 3.05) is 24.6 Å². The molecule has 7 heteroatoms. The van der Waals surface area contributed by atoms with Crippen molar-refractivity contribution in [1.29, 1.82) is 0 Å². The third kappa shape index (κ3) is 4.30. The summed E-state index contributed by atoms with van der Waals surface area (Å²) < 4.78 is 5.21. The van der Waals surface area contributed by atoms with Crippen molar-refractivity contribution in [3.63, 3.8) is 0 Å². The molecule has 0 aliphatic carbocycles. The fraction of sp³-hybridized carbons (Fsp3) is 0.217. The summed E-state index contributed by atoms with van der Waals surface area (Å²) in [6.07, 6.45) is 2.07. The molecule has 0 unspecified atom stereocenters. The Kier molecular flexibility index (Phi) is 5.70. The maximum atomic E-state index is 12.8. The highest BCUT2D eigenvalue weighted by atomic mass is 16.5. The molecule has 1 fully saturated rings. The Morgan fingerprint density at radius 3 is 2.43 bits per heavy atom. The zero-order valence-electron chi connectivity index (χ0n) is 16.3. The minimum absolute atomic E-state index is 0.317. The Morgan fingerprint density at radius 1 is 0.967 bits per heavy atom. The number of carbonyl (C=O) groups is 3. The SMILES string of the molecule is O=C(COC(=O)c1cc2ccccc2nc1N1CCCC1)NC(=O)c1ccccc1. The second kappa shape index (κ2) is 8.73. The Morgan fingerprint density at radius 2 is 1.67 bits per heavy atom. The minimum atomic E-state index is -0.686. The van der Waals surface area contributed by atoms with Crippen molar-refractivity contribution in [1.82, 2.24) is 10.3 Å². The number of hydrogen-bond acceptors (Lipinski definition) is 6. The van der Waals surface area contributed by atoms with Crippen molar-refractivity contribution < 1.29 is 19.1 Å². The van der Waals surface area contributed by atoms with Gasteiger partial charge in [0.1, 0.15) is 11.4 Å². The quantitative estimate of drug-likeness (QED) is 0.659. The summed E-state index contributed by atoms with van der Waals surface area (Å²) in [7, 11) is 0. The van der Waals surface area contributed by atoms with E-state index in [4.69, 9.17) is 4.74 Å². The van der Waals surface area contributed by atoms with E-state index in [0.717, 1.165) is 36.8 Å². The molecule has 0 bridgehead atoms. The number of rotatable bonds is 5. The van der Waals surface area contributed by atoms with Gasteiger partial charge in [-0.05, 0) is 37.1 Å². The second-order valence-corrected chi connectivity index (χ2v) is 7.07. The number of benzene rings is 2. The van der Waals surface area contributed by atoms with Crippen LogP contribution in [0.2, 0.25) is 0 Å². The van der Waals surface area contributed by atoms with Gasteiger partial charge in [0.2, 0.25) is 0 Å². The molecule has 0 spiro atoms. The number of aromatic nitrogens is 1. The number of amides is 2. The maximum absolute atomic E-state index is 12.8. The summed E-state index contributed by atoms with van der Waals surface area (Å²) >= 11 is 0. The number of para-hydroxylation sites is 1. The molecule has 1 aromatic heterocycles. The van der Waals surface area contributed by atoms with Crippen molar-refractivity contribution >= 4 is 34.5 Å². The molecule has 0 radical (unpaired) electrons. The first-order valence-electron chi connectivity index (χ1n) is 9.83. The van der Waals surface area contributed by atoms with Gasteiger partial charge in [0.05, 0.1) is 5.52 Å². The average Bonchev–Trinajstić information content (AvgIpc) is 3.32. The van der Waals surface area contributed by atoms with E-state index in [-0.39, 0.29) is 0 Å². The lowest BCUT2D eigenvalue weighted by Gasteiger charge is -2.20. The molecule has 4 rings (SSSR count). The molecular formula is C23H21N3O4. The molecule has 3 aromatic rings. The van der Waals surface area contributed by atoms with Crippen LogP contribution in [0.15, 0.2) is 60.7 Å². The van der Waals surface area contributed by atoms with Crippen LogP contribution in [0, 0.1) is 0 Å². The average molecular weight is 403 g/mol. The molecule has 0 saturated carbocycles. The topological polar surface area (TPSA) is 88.6 Å². The van der Waals surface area contributed by atoms with Gasteiger partial charge in [-0.25, -0.2) is 9.78 Å². The van der Waals surface area contributed by atoms with E-state index >= 15 is 0 Å². The number of nitrogens with one attached hydrogen (secondary N) is 1. The first kappa shape index (κ1) is 19.6. The van der Waals surface area contributed by atoms with Crippen LogP contribution in [-0.2, 0) is 9.53 Å². The van der Waals surface area contributed by atoms with Crippen LogP contribution in [0.3, 0.4) is 0 Å². The molecule has 152 valence electrons. The van der Waals surface area contributed by atoms with E-state index in [9.17, 15) is 14.4 Å². The fourth-order valence-electron chi connectivity index (χ4n) is 3.46. The first-order chi connectivity index (χ1) is 14.6. The van der Waals surface area contributed by atoms with Crippen LogP contribution in [0.5, 0.6) is 0 Å². The van der Waals surface area contributed by atoms with Gasteiger partial charge in [0, 0.05) is 24.0 Å². The summed E-state index contributed by atoms with van der Waals surface area (Å²) in [5, 5.41) is 3.04. The highest BCUT2D eigenvalue weighted by Crippen LogP contribution is 2.27. The normalized spacial score (nSPS) is 13.3. The van der Waals surface area contributed by atoms with Crippen LogP contribution in [0.25, 0.3) is 10.9 Å². The maximum Gasteiger partial charge on any atom is 0.342 e. The number of carbonyl (C=O) groups excluding carboxylic acids is 3. The van der Waals surface area contributed by atoms with E-state index in [1.165, 1.54) is 0 Å². The third-order valence-corrected chi connectivity index (χ3v) is 4.95. The predicted octanol–water partition coefficient (Wildman–Crippen LogP) is 2.95. The van der Waals surface area contributed by atoms with Gasteiger partial charge in [-0.15, -0.1) is 0 Å². The molecule has 2 aromatic carbocycles. The van der Waals surface area contributed by atoms with Crippen molar-refractivity contribution in [3.8, 4) is 0 Å². The monoisotopic (exact) mass is 403 g/mol. The molecule has 1 N–H and O–H groups in total. The molecule has 2 amide bonds. The number of anilines is 1. The van der Waals surface area contributed by atoms with Gasteiger partial charge in [0.15, 0.2) is 6.61 Å². The number of hydrogen-bond donors (Lipinski definition) is 1. The molecular weight excluding hydrogens is 382 g/mol. The van der Waals surface area contributed by atoms with Crippen LogP contribution < -0.4 is 10.2 Å². The highest BCUT2D eigenvalue weighted by molar-refractivity contribution is 6.06. The van der Waals surface area contributed by atoms with E-state index in [0.29, 0.717) is 16.9 Å². The van der Waals surface area contributed by atoms with Gasteiger partial charge >= 0.3 is 5.97 Å². The fourth-order valence-corrected chi connectivity index (χ4v) is 3.46. The first-order valence-corrected chi connectivity index (χ1v) is 9.83. The summed E-state index contributed by atoms with van der Waals surface area (Å²) in [6, 6.07) is 17.6. The van der Waals surface area contributed by atoms with Gasteiger partial charge in [-0.3, -0.25) is 14.9 Å². The molecule has 1 aliphatic rings. The molecule has 1 saturated heterocycles. The Hall–Kier alpha value is -3.74. The molecule has 0 atom stereocenters. The number of imide groups is 1. The third-order valence-electron chi connectivity index (χ3n) is 4.95. The van der Waals surface area contributed by atoms with Crippen LogP contribution in [0.1, 0.15) is 33.6 Å². The summed E-state index contributed by atoms with van der Waals surface area (Å²) in [4.78, 5) is 43.6. The highest BCUT2D eigenvalue weighted by Gasteiger charge is 2.23. The molecule has 1 aliphatic heterocycles. The number of fused-ring (bicyclic) bond motifs is 1. The number of esters is 1. The Labute approximate surface area is 173 Å². The van der Waals surface area contributed by atoms with E-state index in [1.54, 1.807) is 36.4 Å². The predicted molar refractivity (Wildman–Crippen MR) is 112 cm³/mol. The van der Waals surface area contributed by atoms with Crippen LogP contribution >= 0.6 is 0 Å². The van der Waals surface area contributed by atoms with Crippen LogP contribution in [0.4, 0.5) is 5.82 Å². The Balaban J connectivity index is 1.48. The van der Waals surface area contributed by atoms with Gasteiger partial charge < -0.3 is 9.64 Å². The summed E-state index contributed by atoms with van der Waals surface area (Å²) in [6.45, 7) is 1.08. The standard InChI is InChI=1S/C23H21N3O4/c27-20(25-22(28)16-8-2-1-3-9-16)15-30-23(29)18-14-17-10-4-5-11-19(17)24-21(18)26-12-6-7-13-26/h1-5,8-11,14H,6-7,12-13,15H2,(H,25,27,28). The van der Waals surface area contributed by atoms with Gasteiger partial charge in [-0.1, -0.05) is 36.4 Å². The van der Waals surface area contributed by atoms with E-state index < -0.39 is 24.4 Å². The molecule has 30 heavy (non-hydrogen) atoms. The zero-order chi connectivity index (χ0) is 20.9. The van der Waals surface area contributed by atoms with Crippen molar-refractivity contribution in [2.45, 2.75) is 12.8 Å². The minimum Gasteiger partial charge on any atom is -0.452 e. The lowest BCUT2D eigenvalue weighted by molar-refractivity contribution is -0.123. The smallest absolute Gasteiger partial charge is 0.342 e.